The lowest BCUT2D eigenvalue weighted by molar-refractivity contribution is -0.660. The molecule has 1 aromatic heterocycles. The van der Waals surface area contributed by atoms with Crippen molar-refractivity contribution >= 4 is 0 Å². The highest BCUT2D eigenvalue weighted by Gasteiger charge is 2.22. The zero-order valence-corrected chi connectivity index (χ0v) is 15.2. The molecule has 0 radical (unpaired) electrons. The van der Waals surface area contributed by atoms with Crippen LogP contribution < -0.4 is 4.57 Å². The molecule has 0 saturated heterocycles. The quantitative estimate of drug-likeness (QED) is 0.650. The first-order valence-electron chi connectivity index (χ1n) is 9.75. The van der Waals surface area contributed by atoms with Crippen LogP contribution in [0.25, 0.3) is 11.3 Å². The second kappa shape index (κ2) is 6.11. The minimum Gasteiger partial charge on any atom is -0.201 e. The summed E-state index contributed by atoms with van der Waals surface area (Å²) in [6.07, 6.45) is 4.42. The van der Waals surface area contributed by atoms with E-state index in [9.17, 15) is 0 Å². The summed E-state index contributed by atoms with van der Waals surface area (Å²) in [6, 6.07) is 10.8. The molecule has 0 N–H and O–H groups in total. The Labute approximate surface area is 144 Å². The highest BCUT2D eigenvalue weighted by Crippen LogP contribution is 2.34. The summed E-state index contributed by atoms with van der Waals surface area (Å²) in [5.41, 5.74) is 5.73. The highest BCUT2D eigenvalue weighted by atomic mass is 14.9. The van der Waals surface area contributed by atoms with E-state index in [0.717, 1.165) is 36.9 Å². The molecule has 1 saturated carbocycles. The molecule has 0 aliphatic heterocycles. The molecule has 0 unspecified atom stereocenters. The molecule has 1 heterocycles. The minimum absolute atomic E-state index is 0.0971. The van der Waals surface area contributed by atoms with Crippen LogP contribution in [0.5, 0.6) is 0 Å². The van der Waals surface area contributed by atoms with Gasteiger partial charge in [-0.25, -0.2) is 4.57 Å². The van der Waals surface area contributed by atoms with Crippen molar-refractivity contribution in [1.82, 2.24) is 0 Å². The van der Waals surface area contributed by atoms with E-state index < -0.39 is 5.89 Å². The van der Waals surface area contributed by atoms with Crippen LogP contribution >= 0.6 is 0 Å². The van der Waals surface area contributed by atoms with Crippen molar-refractivity contribution in [2.75, 3.05) is 0 Å². The van der Waals surface area contributed by atoms with Gasteiger partial charge in [0.05, 0.1) is 0 Å². The lowest BCUT2D eigenvalue weighted by atomic mass is 9.84. The molecule has 0 atom stereocenters. The van der Waals surface area contributed by atoms with Crippen molar-refractivity contribution in [2.24, 2.45) is 7.05 Å². The number of hydrogen-bond acceptors (Lipinski definition) is 0. The third kappa shape index (κ3) is 3.34. The average Bonchev–Trinajstić information content (AvgIpc) is 2.97. The molecular formula is C22H30N+. The average molecular weight is 311 g/mol. The van der Waals surface area contributed by atoms with E-state index in [2.05, 4.69) is 52.0 Å². The summed E-state index contributed by atoms with van der Waals surface area (Å²) in [5, 5.41) is 0. The van der Waals surface area contributed by atoms with Crippen molar-refractivity contribution in [2.45, 2.75) is 64.7 Å². The number of hydrogen-bond donors (Lipinski definition) is 0. The molecule has 0 spiro atoms. The summed E-state index contributed by atoms with van der Waals surface area (Å²) in [7, 11) is 1.96. The van der Waals surface area contributed by atoms with Gasteiger partial charge in [0.15, 0.2) is 6.17 Å². The zero-order valence-electron chi connectivity index (χ0n) is 17.2. The molecule has 1 aromatic carbocycles. The summed E-state index contributed by atoms with van der Waals surface area (Å²) in [5.74, 6) is -0.574. The lowest BCUT2D eigenvalue weighted by Gasteiger charge is -2.20. The maximum absolute atomic E-state index is 8.76. The van der Waals surface area contributed by atoms with Gasteiger partial charge in [-0.3, -0.25) is 0 Å². The zero-order chi connectivity index (χ0) is 18.4. The van der Waals surface area contributed by atoms with E-state index in [1.54, 1.807) is 0 Å². The Kier molecular flexibility index (Phi) is 3.66. The smallest absolute Gasteiger partial charge is 0.201 e. The van der Waals surface area contributed by atoms with Crippen molar-refractivity contribution < 1.29 is 7.31 Å². The maximum Gasteiger partial charge on any atom is 0.212 e. The van der Waals surface area contributed by atoms with Crippen LogP contribution in [0.15, 0.2) is 36.5 Å². The Morgan fingerprint density at radius 2 is 1.83 bits per heavy atom. The van der Waals surface area contributed by atoms with Gasteiger partial charge in [0.2, 0.25) is 5.69 Å². The fraction of sp³-hybridized carbons (Fsp3) is 0.500. The Balaban J connectivity index is 2.12. The van der Waals surface area contributed by atoms with Crippen molar-refractivity contribution in [3.63, 3.8) is 0 Å². The minimum atomic E-state index is -0.574. The molecule has 23 heavy (non-hydrogen) atoms. The molecule has 0 bridgehead atoms. The van der Waals surface area contributed by atoms with Gasteiger partial charge < -0.3 is 0 Å². The van der Waals surface area contributed by atoms with E-state index in [4.69, 9.17) is 2.74 Å². The third-order valence-corrected chi connectivity index (χ3v) is 5.02. The first-order valence-corrected chi connectivity index (χ1v) is 8.75. The topological polar surface area (TPSA) is 3.88 Å². The number of aryl methyl sites for hydroxylation is 1. The maximum atomic E-state index is 8.76. The predicted molar refractivity (Wildman–Crippen MR) is 97.7 cm³/mol. The SMILES string of the molecule is [2H]c1c(C2([2H])CCCC2)ccc(-c2cc(C(C)(C)C)ccc2C)[n+]1C. The van der Waals surface area contributed by atoms with Gasteiger partial charge in [0, 0.05) is 18.6 Å². The van der Waals surface area contributed by atoms with Crippen LogP contribution in [0, 0.1) is 6.92 Å². The van der Waals surface area contributed by atoms with E-state index in [1.807, 2.05) is 17.7 Å². The molecule has 2 aromatic rings. The van der Waals surface area contributed by atoms with E-state index in [-0.39, 0.29) is 5.41 Å². The van der Waals surface area contributed by atoms with Gasteiger partial charge >= 0.3 is 0 Å². The van der Waals surface area contributed by atoms with E-state index >= 15 is 0 Å². The monoisotopic (exact) mass is 310 g/mol. The molecule has 1 fully saturated rings. The van der Waals surface area contributed by atoms with Crippen LogP contribution in [-0.2, 0) is 12.5 Å². The Morgan fingerprint density at radius 3 is 2.48 bits per heavy atom. The van der Waals surface area contributed by atoms with Gasteiger partial charge in [-0.2, -0.15) is 0 Å². The summed E-state index contributed by atoms with van der Waals surface area (Å²) >= 11 is 0. The first-order chi connectivity index (χ1) is 11.6. The largest absolute Gasteiger partial charge is 0.212 e. The molecule has 3 rings (SSSR count). The van der Waals surface area contributed by atoms with Crippen LogP contribution in [0.4, 0.5) is 0 Å². The van der Waals surface area contributed by atoms with Crippen LogP contribution in [0.2, 0.25) is 0 Å². The normalized spacial score (nSPS) is 18.7. The third-order valence-electron chi connectivity index (χ3n) is 5.02. The number of benzene rings is 1. The fourth-order valence-electron chi connectivity index (χ4n) is 3.46. The molecule has 1 nitrogen and oxygen atoms in total. The summed E-state index contributed by atoms with van der Waals surface area (Å²) in [6.45, 7) is 8.81. The van der Waals surface area contributed by atoms with E-state index in [1.165, 1.54) is 16.7 Å². The van der Waals surface area contributed by atoms with Crippen molar-refractivity contribution in [3.05, 3.63) is 53.2 Å². The number of rotatable bonds is 2. The highest BCUT2D eigenvalue weighted by molar-refractivity contribution is 5.62. The van der Waals surface area contributed by atoms with Gasteiger partial charge in [0.1, 0.15) is 8.42 Å². The van der Waals surface area contributed by atoms with Crippen LogP contribution in [0.3, 0.4) is 0 Å². The summed E-state index contributed by atoms with van der Waals surface area (Å²) in [4.78, 5) is 0. The molecule has 0 amide bonds. The molecule has 1 heteroatoms. The Hall–Kier alpha value is -1.63. The molecule has 1 aliphatic carbocycles. The standard InChI is InChI=1S/C22H30N/c1-16-10-12-19(22(2,3)4)14-20(16)21-13-11-18(15-23(21)5)17-8-6-7-9-17/h10-15,17H,6-9H2,1-5H3/q+1/i15D,17D. The molecule has 1 aliphatic rings. The second-order valence-electron chi connectivity index (χ2n) is 7.89. The van der Waals surface area contributed by atoms with Gasteiger partial charge in [0.25, 0.3) is 0 Å². The number of nitrogens with zero attached hydrogens (tertiary/aromatic N) is 1. The van der Waals surface area contributed by atoms with Crippen molar-refractivity contribution in [1.29, 1.82) is 0 Å². The van der Waals surface area contributed by atoms with Crippen LogP contribution in [-0.4, -0.2) is 0 Å². The van der Waals surface area contributed by atoms with Gasteiger partial charge in [-0.1, -0.05) is 45.7 Å². The van der Waals surface area contributed by atoms with Crippen LogP contribution in [0.1, 0.15) is 71.8 Å². The number of pyridine rings is 1. The number of aromatic nitrogens is 1. The molecule has 122 valence electrons. The van der Waals surface area contributed by atoms with Gasteiger partial charge in [-0.05, 0) is 54.3 Å². The fourth-order valence-corrected chi connectivity index (χ4v) is 3.46. The first kappa shape index (κ1) is 13.8. The predicted octanol–water partition coefficient (Wildman–Crippen LogP) is 5.44. The molecular weight excluding hydrogens is 278 g/mol. The lowest BCUT2D eigenvalue weighted by Crippen LogP contribution is -2.31. The van der Waals surface area contributed by atoms with Crippen molar-refractivity contribution in [3.8, 4) is 11.3 Å². The van der Waals surface area contributed by atoms with Gasteiger partial charge in [-0.15, -0.1) is 0 Å². The van der Waals surface area contributed by atoms with E-state index in [0.29, 0.717) is 6.17 Å². The summed E-state index contributed by atoms with van der Waals surface area (Å²) < 4.78 is 19.4. The second-order valence-corrected chi connectivity index (χ2v) is 7.89. The Morgan fingerprint density at radius 1 is 1.13 bits per heavy atom. The Bertz CT molecular complexity index is 796.